The number of hydrogen-bond donors (Lipinski definition) is 2. The summed E-state index contributed by atoms with van der Waals surface area (Å²) in [7, 11) is 0. The van der Waals surface area contributed by atoms with Crippen molar-refractivity contribution in [2.45, 2.75) is 13.3 Å². The van der Waals surface area contributed by atoms with E-state index in [1.165, 1.54) is 18.2 Å². The van der Waals surface area contributed by atoms with E-state index >= 15 is 0 Å². The number of nitrogens with zero attached hydrogens (tertiary/aromatic N) is 1. The Kier molecular flexibility index (Phi) is 3.74. The molecule has 1 aromatic carbocycles. The number of aromatic nitrogens is 2. The van der Waals surface area contributed by atoms with Gasteiger partial charge in [-0.05, 0) is 47.2 Å². The van der Waals surface area contributed by atoms with Crippen LogP contribution in [0, 0.1) is 9.39 Å². The Morgan fingerprint density at radius 1 is 1.42 bits per heavy atom. The van der Waals surface area contributed by atoms with Crippen molar-refractivity contribution in [2.24, 2.45) is 0 Å². The third-order valence-corrected chi connectivity index (χ3v) is 3.55. The molecule has 0 aliphatic rings. The van der Waals surface area contributed by atoms with Crippen LogP contribution in [0.1, 0.15) is 12.5 Å². The third-order valence-electron chi connectivity index (χ3n) is 2.68. The Labute approximate surface area is 120 Å². The van der Waals surface area contributed by atoms with Crippen molar-refractivity contribution in [3.63, 3.8) is 0 Å². The van der Waals surface area contributed by atoms with Gasteiger partial charge in [0.25, 0.3) is 5.56 Å². The molecule has 1 aromatic heterocycles. The van der Waals surface area contributed by atoms with E-state index in [2.05, 4.69) is 4.98 Å². The fourth-order valence-electron chi connectivity index (χ4n) is 1.77. The molecule has 100 valence electrons. The first kappa shape index (κ1) is 13.8. The fraction of sp³-hybridized carbons (Fsp3) is 0.167. The number of aromatic hydroxyl groups is 1. The smallest absolute Gasteiger partial charge is 0.335 e. The molecule has 2 N–H and O–H groups in total. The topological polar surface area (TPSA) is 75.1 Å². The molecule has 0 fully saturated rings. The van der Waals surface area contributed by atoms with Crippen LogP contribution in [0.25, 0.3) is 5.69 Å². The standard InChI is InChI=1S/C12H10FIN2O3/c1-2-7-10(17)15-12(19)16(11(7)18)9-4-3-6(13)5-8(9)14/h3-5,18H,2H2,1H3,(H,15,17,19). The van der Waals surface area contributed by atoms with Crippen molar-refractivity contribution in [2.75, 3.05) is 0 Å². The first-order valence-corrected chi connectivity index (χ1v) is 6.56. The molecule has 0 aliphatic carbocycles. The summed E-state index contributed by atoms with van der Waals surface area (Å²) in [5, 5.41) is 10.0. The van der Waals surface area contributed by atoms with Crippen LogP contribution in [0.2, 0.25) is 0 Å². The van der Waals surface area contributed by atoms with Gasteiger partial charge in [-0.15, -0.1) is 0 Å². The average Bonchev–Trinajstić information content (AvgIpc) is 2.31. The van der Waals surface area contributed by atoms with E-state index < -0.39 is 22.9 Å². The zero-order valence-electron chi connectivity index (χ0n) is 9.91. The molecular formula is C12H10FIN2O3. The molecule has 0 aliphatic heterocycles. The Hall–Kier alpha value is -1.64. The zero-order valence-corrected chi connectivity index (χ0v) is 12.1. The lowest BCUT2D eigenvalue weighted by molar-refractivity contribution is 0.423. The van der Waals surface area contributed by atoms with Gasteiger partial charge in [0.1, 0.15) is 5.82 Å². The van der Waals surface area contributed by atoms with Crippen molar-refractivity contribution in [1.82, 2.24) is 9.55 Å². The summed E-state index contributed by atoms with van der Waals surface area (Å²) in [5.41, 5.74) is -0.947. The summed E-state index contributed by atoms with van der Waals surface area (Å²) in [4.78, 5) is 25.5. The molecule has 1 heterocycles. The van der Waals surface area contributed by atoms with Gasteiger partial charge < -0.3 is 5.11 Å². The van der Waals surface area contributed by atoms with E-state index in [1.54, 1.807) is 6.92 Å². The number of halogens is 2. The molecule has 2 rings (SSSR count). The molecule has 0 bridgehead atoms. The van der Waals surface area contributed by atoms with Crippen LogP contribution in [-0.4, -0.2) is 14.7 Å². The lowest BCUT2D eigenvalue weighted by Gasteiger charge is -2.12. The van der Waals surface area contributed by atoms with Crippen LogP contribution in [0.3, 0.4) is 0 Å². The predicted octanol–water partition coefficient (Wildman–Crippen LogP) is 1.54. The second kappa shape index (κ2) is 5.16. The predicted molar refractivity (Wildman–Crippen MR) is 76.4 cm³/mol. The summed E-state index contributed by atoms with van der Waals surface area (Å²) in [6, 6.07) is 3.79. The van der Waals surface area contributed by atoms with Gasteiger partial charge in [0.15, 0.2) is 0 Å². The van der Waals surface area contributed by atoms with Gasteiger partial charge in [-0.25, -0.2) is 13.8 Å². The first-order valence-electron chi connectivity index (χ1n) is 5.48. The lowest BCUT2D eigenvalue weighted by Crippen LogP contribution is -2.31. The molecule has 7 heteroatoms. The van der Waals surface area contributed by atoms with Crippen LogP contribution in [-0.2, 0) is 6.42 Å². The molecule has 0 saturated heterocycles. The fourth-order valence-corrected chi connectivity index (χ4v) is 2.48. The molecule has 0 amide bonds. The molecular weight excluding hydrogens is 366 g/mol. The summed E-state index contributed by atoms with van der Waals surface area (Å²) in [5.74, 6) is -0.860. The highest BCUT2D eigenvalue weighted by molar-refractivity contribution is 14.1. The van der Waals surface area contributed by atoms with E-state index in [4.69, 9.17) is 0 Å². The van der Waals surface area contributed by atoms with E-state index in [9.17, 15) is 19.1 Å². The highest BCUT2D eigenvalue weighted by Gasteiger charge is 2.15. The highest BCUT2D eigenvalue weighted by atomic mass is 127. The minimum atomic E-state index is -0.760. The van der Waals surface area contributed by atoms with E-state index in [0.717, 1.165) is 4.57 Å². The quantitative estimate of drug-likeness (QED) is 0.781. The SMILES string of the molecule is CCc1c(O)n(-c2ccc(F)cc2I)c(=O)[nH]c1=O. The number of rotatable bonds is 2. The van der Waals surface area contributed by atoms with E-state index in [1.807, 2.05) is 22.6 Å². The Balaban J connectivity index is 2.83. The van der Waals surface area contributed by atoms with Crippen molar-refractivity contribution in [1.29, 1.82) is 0 Å². The molecule has 0 radical (unpaired) electrons. The van der Waals surface area contributed by atoms with Gasteiger partial charge in [-0.3, -0.25) is 9.78 Å². The maximum atomic E-state index is 13.1. The number of aromatic amines is 1. The Morgan fingerprint density at radius 2 is 2.11 bits per heavy atom. The van der Waals surface area contributed by atoms with Crippen LogP contribution >= 0.6 is 22.6 Å². The number of hydrogen-bond acceptors (Lipinski definition) is 3. The highest BCUT2D eigenvalue weighted by Crippen LogP contribution is 2.22. The van der Waals surface area contributed by atoms with Gasteiger partial charge in [-0.2, -0.15) is 0 Å². The van der Waals surface area contributed by atoms with Crippen LogP contribution in [0.4, 0.5) is 4.39 Å². The summed E-state index contributed by atoms with van der Waals surface area (Å²) in [6.45, 7) is 1.69. The molecule has 0 saturated carbocycles. The summed E-state index contributed by atoms with van der Waals surface area (Å²) >= 11 is 1.85. The monoisotopic (exact) mass is 376 g/mol. The molecule has 0 spiro atoms. The first-order chi connectivity index (χ1) is 8.95. The minimum absolute atomic E-state index is 0.111. The number of H-pyrrole nitrogens is 1. The van der Waals surface area contributed by atoms with E-state index in [-0.39, 0.29) is 12.0 Å². The second-order valence-electron chi connectivity index (χ2n) is 3.85. The zero-order chi connectivity index (χ0) is 14.2. The van der Waals surface area contributed by atoms with Crippen LogP contribution < -0.4 is 11.2 Å². The van der Waals surface area contributed by atoms with Crippen molar-refractivity contribution in [3.8, 4) is 11.6 Å². The average molecular weight is 376 g/mol. The molecule has 5 nitrogen and oxygen atoms in total. The van der Waals surface area contributed by atoms with Gasteiger partial charge in [0.05, 0.1) is 11.3 Å². The third kappa shape index (κ3) is 2.42. The maximum absolute atomic E-state index is 13.1. The lowest BCUT2D eigenvalue weighted by atomic mass is 10.2. The number of nitrogens with one attached hydrogen (secondary N) is 1. The normalized spacial score (nSPS) is 10.7. The minimum Gasteiger partial charge on any atom is -0.494 e. The van der Waals surface area contributed by atoms with Gasteiger partial charge in [0, 0.05) is 3.57 Å². The Bertz CT molecular complexity index is 752. The molecule has 0 atom stereocenters. The van der Waals surface area contributed by atoms with Crippen LogP contribution in [0.5, 0.6) is 5.88 Å². The molecule has 0 unspecified atom stereocenters. The number of benzene rings is 1. The van der Waals surface area contributed by atoms with Crippen molar-refractivity contribution >= 4 is 22.6 Å². The molecule has 2 aromatic rings. The van der Waals surface area contributed by atoms with Gasteiger partial charge in [0.2, 0.25) is 5.88 Å². The van der Waals surface area contributed by atoms with Crippen molar-refractivity contribution in [3.05, 3.63) is 54.0 Å². The van der Waals surface area contributed by atoms with Gasteiger partial charge in [-0.1, -0.05) is 6.92 Å². The summed E-state index contributed by atoms with van der Waals surface area (Å²) in [6.07, 6.45) is 0.277. The van der Waals surface area contributed by atoms with Crippen molar-refractivity contribution < 1.29 is 9.50 Å². The Morgan fingerprint density at radius 3 is 2.68 bits per heavy atom. The van der Waals surface area contributed by atoms with Gasteiger partial charge >= 0.3 is 5.69 Å². The maximum Gasteiger partial charge on any atom is 0.335 e. The largest absolute Gasteiger partial charge is 0.494 e. The second-order valence-corrected chi connectivity index (χ2v) is 5.01. The van der Waals surface area contributed by atoms with E-state index in [0.29, 0.717) is 9.26 Å². The molecule has 19 heavy (non-hydrogen) atoms. The van der Waals surface area contributed by atoms with Crippen LogP contribution in [0.15, 0.2) is 27.8 Å². The summed E-state index contributed by atoms with van der Waals surface area (Å²) < 4.78 is 14.5.